The standard InChI is InChI=1S/C27H24N4O/c1-3-32-22-15-13-21(14-16-22)31-17-23(20-10-5-4-6-11-20)25-26(28-18-29-27(25)31)30-24-12-8-7-9-19(24)2/h4-18H,3H2,1-2H3,(H,28,29,30). The van der Waals surface area contributed by atoms with Crippen LogP contribution in [0.15, 0.2) is 91.4 Å². The fourth-order valence-corrected chi connectivity index (χ4v) is 3.90. The van der Waals surface area contributed by atoms with Gasteiger partial charge in [-0.05, 0) is 55.3 Å². The lowest BCUT2D eigenvalue weighted by molar-refractivity contribution is 0.340. The topological polar surface area (TPSA) is 52.0 Å². The van der Waals surface area contributed by atoms with Crippen molar-refractivity contribution in [2.45, 2.75) is 13.8 Å². The Morgan fingerprint density at radius 2 is 1.62 bits per heavy atom. The highest BCUT2D eigenvalue weighted by Crippen LogP contribution is 2.36. The molecule has 1 N–H and O–H groups in total. The summed E-state index contributed by atoms with van der Waals surface area (Å²) >= 11 is 0. The molecule has 0 spiro atoms. The van der Waals surface area contributed by atoms with Crippen LogP contribution in [0.2, 0.25) is 0 Å². The summed E-state index contributed by atoms with van der Waals surface area (Å²) in [5, 5.41) is 4.51. The third-order valence-corrected chi connectivity index (χ3v) is 5.49. The minimum Gasteiger partial charge on any atom is -0.494 e. The van der Waals surface area contributed by atoms with Gasteiger partial charge in [0.25, 0.3) is 0 Å². The van der Waals surface area contributed by atoms with Crippen LogP contribution in [0.5, 0.6) is 5.75 Å². The van der Waals surface area contributed by atoms with Crippen molar-refractivity contribution in [2.24, 2.45) is 0 Å². The largest absolute Gasteiger partial charge is 0.494 e. The molecule has 2 aromatic heterocycles. The first-order valence-electron chi connectivity index (χ1n) is 10.7. The van der Waals surface area contributed by atoms with Crippen molar-refractivity contribution in [3.05, 3.63) is 97.0 Å². The van der Waals surface area contributed by atoms with Crippen LogP contribution in [0.4, 0.5) is 11.5 Å². The highest BCUT2D eigenvalue weighted by molar-refractivity contribution is 6.03. The summed E-state index contributed by atoms with van der Waals surface area (Å²) in [6, 6.07) is 26.6. The molecule has 0 amide bonds. The van der Waals surface area contributed by atoms with Gasteiger partial charge in [-0.3, -0.25) is 0 Å². The third kappa shape index (κ3) is 3.69. The number of hydrogen-bond acceptors (Lipinski definition) is 4. The zero-order chi connectivity index (χ0) is 21.9. The maximum Gasteiger partial charge on any atom is 0.150 e. The van der Waals surface area contributed by atoms with Gasteiger partial charge >= 0.3 is 0 Å². The van der Waals surface area contributed by atoms with Gasteiger partial charge in [0.05, 0.1) is 12.0 Å². The molecule has 5 heteroatoms. The van der Waals surface area contributed by atoms with Gasteiger partial charge < -0.3 is 14.6 Å². The second-order valence-corrected chi connectivity index (χ2v) is 7.57. The molecule has 0 fully saturated rings. The predicted molar refractivity (Wildman–Crippen MR) is 130 cm³/mol. The summed E-state index contributed by atoms with van der Waals surface area (Å²) in [4.78, 5) is 9.29. The lowest BCUT2D eigenvalue weighted by atomic mass is 10.1. The molecule has 0 aliphatic carbocycles. The number of para-hydroxylation sites is 1. The quantitative estimate of drug-likeness (QED) is 0.339. The van der Waals surface area contributed by atoms with E-state index in [9.17, 15) is 0 Å². The van der Waals surface area contributed by atoms with Crippen LogP contribution in [-0.2, 0) is 0 Å². The average molecular weight is 421 g/mol. The summed E-state index contributed by atoms with van der Waals surface area (Å²) in [7, 11) is 0. The van der Waals surface area contributed by atoms with Gasteiger partial charge in [0.15, 0.2) is 5.65 Å². The van der Waals surface area contributed by atoms with Gasteiger partial charge in [0, 0.05) is 23.1 Å². The van der Waals surface area contributed by atoms with E-state index in [-0.39, 0.29) is 0 Å². The summed E-state index contributed by atoms with van der Waals surface area (Å²) in [5.74, 6) is 1.64. The molecule has 0 aliphatic rings. The minimum atomic E-state index is 0.644. The van der Waals surface area contributed by atoms with E-state index >= 15 is 0 Å². The smallest absolute Gasteiger partial charge is 0.150 e. The summed E-state index contributed by atoms with van der Waals surface area (Å²) in [6.45, 7) is 4.72. The van der Waals surface area contributed by atoms with Gasteiger partial charge in [-0.2, -0.15) is 0 Å². The zero-order valence-electron chi connectivity index (χ0n) is 18.1. The van der Waals surface area contributed by atoms with Crippen molar-refractivity contribution in [1.29, 1.82) is 0 Å². The summed E-state index contributed by atoms with van der Waals surface area (Å²) in [5.41, 5.74) is 6.24. The maximum atomic E-state index is 5.61. The van der Waals surface area contributed by atoms with Crippen LogP contribution in [0.3, 0.4) is 0 Å². The van der Waals surface area contributed by atoms with Crippen molar-refractivity contribution in [3.63, 3.8) is 0 Å². The number of nitrogens with one attached hydrogen (secondary N) is 1. The first-order chi connectivity index (χ1) is 15.7. The van der Waals surface area contributed by atoms with Crippen molar-refractivity contribution in [3.8, 4) is 22.6 Å². The van der Waals surface area contributed by atoms with E-state index in [0.29, 0.717) is 6.61 Å². The second kappa shape index (κ2) is 8.55. The number of aryl methyl sites for hydroxylation is 1. The van der Waals surface area contributed by atoms with Crippen molar-refractivity contribution < 1.29 is 4.74 Å². The summed E-state index contributed by atoms with van der Waals surface area (Å²) < 4.78 is 7.72. The van der Waals surface area contributed by atoms with Crippen molar-refractivity contribution in [2.75, 3.05) is 11.9 Å². The Kier molecular flexibility index (Phi) is 5.30. The van der Waals surface area contributed by atoms with E-state index in [1.54, 1.807) is 6.33 Å². The van der Waals surface area contributed by atoms with Crippen LogP contribution in [0.1, 0.15) is 12.5 Å². The van der Waals surface area contributed by atoms with Crippen LogP contribution >= 0.6 is 0 Å². The Balaban J connectivity index is 1.70. The van der Waals surface area contributed by atoms with Crippen molar-refractivity contribution in [1.82, 2.24) is 14.5 Å². The Hall–Kier alpha value is -4.12. The maximum absolute atomic E-state index is 5.61. The predicted octanol–water partition coefficient (Wildman–Crippen LogP) is 6.54. The number of fused-ring (bicyclic) bond motifs is 1. The normalized spacial score (nSPS) is 10.9. The number of ether oxygens (including phenoxy) is 1. The van der Waals surface area contributed by atoms with E-state index in [1.165, 1.54) is 0 Å². The van der Waals surface area contributed by atoms with Crippen LogP contribution in [0, 0.1) is 6.92 Å². The molecule has 0 aliphatic heterocycles. The van der Waals surface area contributed by atoms with E-state index in [0.717, 1.165) is 50.7 Å². The minimum absolute atomic E-state index is 0.644. The number of benzene rings is 3. The van der Waals surface area contributed by atoms with E-state index < -0.39 is 0 Å². The molecule has 5 nitrogen and oxygen atoms in total. The number of anilines is 2. The van der Waals surface area contributed by atoms with Gasteiger partial charge in [0.1, 0.15) is 17.9 Å². The lowest BCUT2D eigenvalue weighted by Crippen LogP contribution is -1.99. The zero-order valence-corrected chi connectivity index (χ0v) is 18.1. The van der Waals surface area contributed by atoms with Crippen LogP contribution < -0.4 is 10.1 Å². The van der Waals surface area contributed by atoms with E-state index in [2.05, 4.69) is 69.4 Å². The molecule has 2 heterocycles. The highest BCUT2D eigenvalue weighted by atomic mass is 16.5. The molecular weight excluding hydrogens is 396 g/mol. The number of rotatable bonds is 6. The second-order valence-electron chi connectivity index (χ2n) is 7.57. The SMILES string of the molecule is CCOc1ccc(-n2cc(-c3ccccc3)c3c(Nc4ccccc4C)ncnc32)cc1. The molecule has 0 saturated heterocycles. The van der Waals surface area contributed by atoms with Gasteiger partial charge in [-0.25, -0.2) is 9.97 Å². The van der Waals surface area contributed by atoms with Gasteiger partial charge in [-0.15, -0.1) is 0 Å². The first-order valence-corrected chi connectivity index (χ1v) is 10.7. The van der Waals surface area contributed by atoms with Gasteiger partial charge in [0.2, 0.25) is 0 Å². The third-order valence-electron chi connectivity index (χ3n) is 5.49. The number of hydrogen-bond donors (Lipinski definition) is 1. The Morgan fingerprint density at radius 3 is 2.38 bits per heavy atom. The number of nitrogens with zero attached hydrogens (tertiary/aromatic N) is 3. The molecular formula is C27H24N4O. The van der Waals surface area contributed by atoms with E-state index in [1.807, 2.05) is 49.4 Å². The molecule has 0 saturated carbocycles. The molecule has 158 valence electrons. The van der Waals surface area contributed by atoms with Crippen LogP contribution in [0.25, 0.3) is 27.8 Å². The average Bonchev–Trinajstić information content (AvgIpc) is 3.23. The molecule has 32 heavy (non-hydrogen) atoms. The number of aromatic nitrogens is 3. The van der Waals surface area contributed by atoms with Crippen molar-refractivity contribution >= 4 is 22.5 Å². The molecule has 3 aromatic carbocycles. The fraction of sp³-hybridized carbons (Fsp3) is 0.111. The Bertz CT molecular complexity index is 1360. The molecule has 0 unspecified atom stereocenters. The summed E-state index contributed by atoms with van der Waals surface area (Å²) in [6.07, 6.45) is 3.75. The highest BCUT2D eigenvalue weighted by Gasteiger charge is 2.18. The fourth-order valence-electron chi connectivity index (χ4n) is 3.90. The molecule has 0 radical (unpaired) electrons. The monoisotopic (exact) mass is 420 g/mol. The van der Waals surface area contributed by atoms with E-state index in [4.69, 9.17) is 4.74 Å². The molecule has 5 aromatic rings. The van der Waals surface area contributed by atoms with Crippen LogP contribution in [-0.4, -0.2) is 21.1 Å². The Labute approximate surface area is 187 Å². The first kappa shape index (κ1) is 19.8. The molecule has 0 bridgehead atoms. The van der Waals surface area contributed by atoms with Gasteiger partial charge in [-0.1, -0.05) is 48.5 Å². The lowest BCUT2D eigenvalue weighted by Gasteiger charge is -2.11. The molecule has 5 rings (SSSR count). The molecule has 0 atom stereocenters. The Morgan fingerprint density at radius 1 is 0.875 bits per heavy atom.